The number of aromatic carboxylic acids is 1. The van der Waals surface area contributed by atoms with Gasteiger partial charge >= 0.3 is 5.97 Å². The van der Waals surface area contributed by atoms with E-state index in [1.165, 1.54) is 12.1 Å². The fraction of sp³-hybridized carbons (Fsp3) is 0.529. The lowest BCUT2D eigenvalue weighted by atomic mass is 10.1. The van der Waals surface area contributed by atoms with Crippen molar-refractivity contribution in [2.24, 2.45) is 0 Å². The van der Waals surface area contributed by atoms with Crippen LogP contribution in [-0.2, 0) is 4.79 Å². The van der Waals surface area contributed by atoms with Crippen molar-refractivity contribution in [3.63, 3.8) is 0 Å². The molecule has 3 rings (SSSR count). The smallest absolute Gasteiger partial charge is 0.335 e. The van der Waals surface area contributed by atoms with Crippen LogP contribution in [0.25, 0.3) is 0 Å². The maximum absolute atomic E-state index is 12.6. The van der Waals surface area contributed by atoms with Crippen LogP contribution in [0.2, 0.25) is 5.15 Å². The zero-order valence-corrected chi connectivity index (χ0v) is 14.8. The minimum atomic E-state index is -1.11. The number of carboxylic acid groups (broad SMARTS) is 1. The SMILES string of the molecule is N#C[C@@H]1CCCN1C(=O)[C@@H]1CC[C@H](COc2cc(C(=O)O)cc(Cl)n2)N1. The Bertz CT molecular complexity index is 751. The molecule has 1 amide bonds. The number of carbonyl (C=O) groups is 2. The van der Waals surface area contributed by atoms with Crippen molar-refractivity contribution in [1.82, 2.24) is 15.2 Å². The van der Waals surface area contributed by atoms with Gasteiger partial charge in [-0.3, -0.25) is 10.1 Å². The van der Waals surface area contributed by atoms with Crippen LogP contribution in [0.4, 0.5) is 0 Å². The fourth-order valence-corrected chi connectivity index (χ4v) is 3.57. The van der Waals surface area contributed by atoms with Crippen LogP contribution in [-0.4, -0.2) is 58.1 Å². The number of hydrogen-bond acceptors (Lipinski definition) is 6. The van der Waals surface area contributed by atoms with Crippen molar-refractivity contribution in [3.8, 4) is 11.9 Å². The number of likely N-dealkylation sites (tertiary alicyclic amines) is 1. The highest BCUT2D eigenvalue weighted by Gasteiger charge is 2.37. The molecule has 0 spiro atoms. The number of carboxylic acids is 1. The number of rotatable bonds is 5. The average molecular weight is 379 g/mol. The van der Waals surface area contributed by atoms with Crippen molar-refractivity contribution < 1.29 is 19.4 Å². The van der Waals surface area contributed by atoms with E-state index in [0.29, 0.717) is 13.0 Å². The Morgan fingerprint density at radius 3 is 2.96 bits per heavy atom. The first-order chi connectivity index (χ1) is 12.5. The van der Waals surface area contributed by atoms with Crippen LogP contribution in [0, 0.1) is 11.3 Å². The first-order valence-corrected chi connectivity index (χ1v) is 8.85. The predicted octanol–water partition coefficient (Wildman–Crippen LogP) is 1.45. The van der Waals surface area contributed by atoms with E-state index in [0.717, 1.165) is 19.3 Å². The maximum Gasteiger partial charge on any atom is 0.335 e. The first-order valence-electron chi connectivity index (χ1n) is 8.47. The molecule has 8 nitrogen and oxygen atoms in total. The van der Waals surface area contributed by atoms with Crippen LogP contribution < -0.4 is 10.1 Å². The van der Waals surface area contributed by atoms with Gasteiger partial charge in [-0.1, -0.05) is 11.6 Å². The van der Waals surface area contributed by atoms with Gasteiger partial charge in [0.15, 0.2) is 0 Å². The summed E-state index contributed by atoms with van der Waals surface area (Å²) in [7, 11) is 0. The molecule has 1 aromatic heterocycles. The van der Waals surface area contributed by atoms with E-state index >= 15 is 0 Å². The van der Waals surface area contributed by atoms with Gasteiger partial charge in [0.1, 0.15) is 17.8 Å². The molecule has 0 saturated carbocycles. The Morgan fingerprint density at radius 2 is 2.23 bits per heavy atom. The summed E-state index contributed by atoms with van der Waals surface area (Å²) >= 11 is 5.81. The molecule has 3 heterocycles. The number of nitrogens with zero attached hydrogens (tertiary/aromatic N) is 3. The van der Waals surface area contributed by atoms with Gasteiger partial charge in [-0.2, -0.15) is 5.26 Å². The number of ether oxygens (including phenoxy) is 1. The van der Waals surface area contributed by atoms with Crippen LogP contribution >= 0.6 is 11.6 Å². The largest absolute Gasteiger partial charge is 0.478 e. The molecule has 0 aromatic carbocycles. The quantitative estimate of drug-likeness (QED) is 0.745. The number of nitriles is 1. The molecule has 1 aromatic rings. The third-order valence-electron chi connectivity index (χ3n) is 4.67. The Kier molecular flexibility index (Phi) is 5.59. The van der Waals surface area contributed by atoms with E-state index < -0.39 is 5.97 Å². The molecule has 3 atom stereocenters. The number of amides is 1. The molecule has 0 unspecified atom stereocenters. The fourth-order valence-electron chi connectivity index (χ4n) is 3.37. The van der Waals surface area contributed by atoms with Gasteiger partial charge < -0.3 is 14.7 Å². The minimum absolute atomic E-state index is 0.00372. The Labute approximate surface area is 155 Å². The molecule has 2 aliphatic heterocycles. The summed E-state index contributed by atoms with van der Waals surface area (Å²) in [6.45, 7) is 0.874. The summed E-state index contributed by atoms with van der Waals surface area (Å²) in [5, 5.41) is 21.4. The molecule has 2 aliphatic rings. The second-order valence-corrected chi connectivity index (χ2v) is 6.83. The van der Waals surface area contributed by atoms with Crippen molar-refractivity contribution in [2.45, 2.75) is 43.8 Å². The summed E-state index contributed by atoms with van der Waals surface area (Å²) in [4.78, 5) is 29.2. The van der Waals surface area contributed by atoms with E-state index in [9.17, 15) is 9.59 Å². The summed E-state index contributed by atoms with van der Waals surface area (Å²) in [5.41, 5.74) is 0.00372. The lowest BCUT2D eigenvalue weighted by molar-refractivity contribution is -0.133. The normalized spacial score (nSPS) is 25.1. The summed E-state index contributed by atoms with van der Waals surface area (Å²) in [6.07, 6.45) is 3.00. The van der Waals surface area contributed by atoms with E-state index in [4.69, 9.17) is 26.7 Å². The Hall–Kier alpha value is -2.37. The lowest BCUT2D eigenvalue weighted by Crippen LogP contribution is -2.47. The molecule has 2 saturated heterocycles. The van der Waals surface area contributed by atoms with Crippen molar-refractivity contribution in [3.05, 3.63) is 22.8 Å². The molecule has 138 valence electrons. The monoisotopic (exact) mass is 378 g/mol. The molecule has 0 radical (unpaired) electrons. The number of halogens is 1. The molecule has 26 heavy (non-hydrogen) atoms. The number of hydrogen-bond donors (Lipinski definition) is 2. The zero-order valence-electron chi connectivity index (χ0n) is 14.0. The number of pyridine rings is 1. The standard InChI is InChI=1S/C17H19ClN4O4/c18-14-6-10(17(24)25)7-15(21-14)26-9-11-3-4-13(20-11)16(23)22-5-1-2-12(22)8-19/h6-7,11-13,20H,1-5,9H2,(H,24,25)/t11-,12+,13+/m1/s1. The summed E-state index contributed by atoms with van der Waals surface area (Å²) in [6, 6.07) is 4.04. The molecular weight excluding hydrogens is 360 g/mol. The Balaban J connectivity index is 1.54. The van der Waals surface area contributed by atoms with Gasteiger partial charge in [0.2, 0.25) is 11.8 Å². The highest BCUT2D eigenvalue weighted by molar-refractivity contribution is 6.29. The van der Waals surface area contributed by atoms with Crippen LogP contribution in [0.1, 0.15) is 36.0 Å². The van der Waals surface area contributed by atoms with E-state index in [-0.39, 0.29) is 47.2 Å². The van der Waals surface area contributed by atoms with Crippen LogP contribution in [0.3, 0.4) is 0 Å². The van der Waals surface area contributed by atoms with Gasteiger partial charge in [0, 0.05) is 18.7 Å². The second-order valence-electron chi connectivity index (χ2n) is 6.45. The van der Waals surface area contributed by atoms with Gasteiger partial charge in [0.25, 0.3) is 0 Å². The number of carbonyl (C=O) groups excluding carboxylic acids is 1. The van der Waals surface area contributed by atoms with Crippen molar-refractivity contribution in [1.29, 1.82) is 5.26 Å². The number of aromatic nitrogens is 1. The molecule has 0 bridgehead atoms. The van der Waals surface area contributed by atoms with Crippen molar-refractivity contribution in [2.75, 3.05) is 13.2 Å². The van der Waals surface area contributed by atoms with Gasteiger partial charge in [-0.25, -0.2) is 9.78 Å². The highest BCUT2D eigenvalue weighted by Crippen LogP contribution is 2.22. The molecular formula is C17H19ClN4O4. The van der Waals surface area contributed by atoms with E-state index in [2.05, 4.69) is 16.4 Å². The van der Waals surface area contributed by atoms with E-state index in [1.54, 1.807) is 4.90 Å². The van der Waals surface area contributed by atoms with Gasteiger partial charge in [-0.15, -0.1) is 0 Å². The minimum Gasteiger partial charge on any atom is -0.478 e. The molecule has 2 N–H and O–H groups in total. The third kappa shape index (κ3) is 4.06. The summed E-state index contributed by atoms with van der Waals surface area (Å²) in [5.74, 6) is -1.01. The topological polar surface area (TPSA) is 116 Å². The number of nitrogens with one attached hydrogen (secondary N) is 1. The van der Waals surface area contributed by atoms with Crippen molar-refractivity contribution >= 4 is 23.5 Å². The Morgan fingerprint density at radius 1 is 1.42 bits per heavy atom. The predicted molar refractivity (Wildman–Crippen MR) is 92.0 cm³/mol. The lowest BCUT2D eigenvalue weighted by Gasteiger charge is -2.23. The molecule has 2 fully saturated rings. The average Bonchev–Trinajstić information content (AvgIpc) is 3.28. The van der Waals surface area contributed by atoms with Crippen LogP contribution in [0.5, 0.6) is 5.88 Å². The molecule has 9 heteroatoms. The highest BCUT2D eigenvalue weighted by atomic mass is 35.5. The third-order valence-corrected chi connectivity index (χ3v) is 4.87. The van der Waals surface area contributed by atoms with Gasteiger partial charge in [0.05, 0.1) is 17.7 Å². The van der Waals surface area contributed by atoms with Crippen LogP contribution in [0.15, 0.2) is 12.1 Å². The van der Waals surface area contributed by atoms with E-state index in [1.807, 2.05) is 0 Å². The maximum atomic E-state index is 12.6. The van der Waals surface area contributed by atoms with Gasteiger partial charge in [-0.05, 0) is 31.7 Å². The first kappa shape index (κ1) is 18.4. The second kappa shape index (κ2) is 7.89. The molecule has 0 aliphatic carbocycles. The summed E-state index contributed by atoms with van der Waals surface area (Å²) < 4.78 is 5.56. The zero-order chi connectivity index (χ0) is 18.7.